The normalized spacial score (nSPS) is 30.5. The Hall–Kier alpha value is -0.590. The molecule has 0 saturated heterocycles. The average Bonchev–Trinajstić information content (AvgIpc) is 3.15. The average molecular weight is 377 g/mol. The molecule has 2 rings (SSSR count). The molecule has 0 aromatic rings. The van der Waals surface area contributed by atoms with Crippen molar-refractivity contribution in [2.24, 2.45) is 23.7 Å². The van der Waals surface area contributed by atoms with Gasteiger partial charge in [-0.25, -0.2) is 0 Å². The summed E-state index contributed by atoms with van der Waals surface area (Å²) in [6.45, 7) is 7.98. The third-order valence-corrected chi connectivity index (χ3v) is 6.72. The molecule has 6 unspecified atom stereocenters. The number of rotatable bonds is 5. The molecule has 0 spiro atoms. The second kappa shape index (κ2) is 12.7. The molecule has 2 bridgehead atoms. The second-order valence-electron chi connectivity index (χ2n) is 6.79. The van der Waals surface area contributed by atoms with Gasteiger partial charge in [0, 0.05) is 18.8 Å². The Labute approximate surface area is 156 Å². The van der Waals surface area contributed by atoms with E-state index < -0.39 is 6.10 Å². The number of hydrogen-bond donors (Lipinski definition) is 2. The molecule has 2 aliphatic rings. The minimum Gasteiger partial charge on any atom is -0.469 e. The summed E-state index contributed by atoms with van der Waals surface area (Å²) in [5.74, 6) is 3.06. The number of thioether (sulfide) groups is 1. The lowest BCUT2D eigenvalue weighted by Gasteiger charge is -2.33. The van der Waals surface area contributed by atoms with Crippen LogP contribution in [-0.2, 0) is 14.3 Å². The third kappa shape index (κ3) is 7.27. The molecule has 0 aromatic carbocycles. The predicted molar refractivity (Wildman–Crippen MR) is 102 cm³/mol. The molecule has 0 amide bonds. The smallest absolute Gasteiger partial charge is 0.305 e. The molecule has 2 aliphatic carbocycles. The highest BCUT2D eigenvalue weighted by atomic mass is 32.2. The zero-order valence-electron chi connectivity index (χ0n) is 16.5. The zero-order chi connectivity index (χ0) is 19.6. The predicted octanol–water partition coefficient (Wildman–Crippen LogP) is 3.27. The monoisotopic (exact) mass is 376 g/mol. The maximum Gasteiger partial charge on any atom is 0.305 e. The van der Waals surface area contributed by atoms with E-state index in [1.165, 1.54) is 44.6 Å². The van der Waals surface area contributed by atoms with E-state index in [0.717, 1.165) is 30.8 Å². The van der Waals surface area contributed by atoms with Crippen LogP contribution in [0.2, 0.25) is 0 Å². The number of carbonyl (C=O) groups is 2. The summed E-state index contributed by atoms with van der Waals surface area (Å²) in [6.07, 6.45) is 4.73. The number of methoxy groups -OCH3 is 1. The second-order valence-corrected chi connectivity index (χ2v) is 8.03. The van der Waals surface area contributed by atoms with Crippen molar-refractivity contribution in [3.63, 3.8) is 0 Å². The Morgan fingerprint density at radius 2 is 1.84 bits per heavy atom. The van der Waals surface area contributed by atoms with Crippen LogP contribution in [0, 0.1) is 23.7 Å². The van der Waals surface area contributed by atoms with Crippen LogP contribution in [0.25, 0.3) is 0 Å². The number of hydrogen-bond acceptors (Lipinski definition) is 6. The number of fused-ring (bicyclic) bond motifs is 2. The Balaban J connectivity index is 0.000000614. The van der Waals surface area contributed by atoms with Gasteiger partial charge >= 0.3 is 5.97 Å². The van der Waals surface area contributed by atoms with E-state index in [2.05, 4.69) is 18.6 Å². The van der Waals surface area contributed by atoms with Crippen LogP contribution in [0.3, 0.4) is 0 Å². The fourth-order valence-electron chi connectivity index (χ4n) is 4.03. The van der Waals surface area contributed by atoms with Crippen LogP contribution in [-0.4, -0.2) is 46.9 Å². The quantitative estimate of drug-likeness (QED) is 0.717. The Kier molecular flexibility index (Phi) is 12.4. The standard InChI is InChI=1S/C14H24O2S.C4H8O2.CH4O/c1-4-5-11-8(2)10-6-12(11)13(7-10)17-14(16)9(3)15;1-3-4(5)6-2;1-2/h8-13,15H,4-7H2,1-3H3;3H2,1-2H3;2H,1H3. The highest BCUT2D eigenvalue weighted by molar-refractivity contribution is 8.14. The summed E-state index contributed by atoms with van der Waals surface area (Å²) in [5.41, 5.74) is 0. The lowest BCUT2D eigenvalue weighted by molar-refractivity contribution is -0.140. The Morgan fingerprint density at radius 3 is 2.20 bits per heavy atom. The molecule has 0 radical (unpaired) electrons. The van der Waals surface area contributed by atoms with E-state index in [9.17, 15) is 14.7 Å². The number of esters is 1. The molecule has 25 heavy (non-hydrogen) atoms. The third-order valence-electron chi connectivity index (χ3n) is 5.30. The van der Waals surface area contributed by atoms with Crippen molar-refractivity contribution in [2.75, 3.05) is 14.2 Å². The van der Waals surface area contributed by atoms with Crippen molar-refractivity contribution in [3.8, 4) is 0 Å². The lowest BCUT2D eigenvalue weighted by Crippen LogP contribution is -2.30. The Bertz CT molecular complexity index is 393. The molecule has 2 saturated carbocycles. The van der Waals surface area contributed by atoms with Crippen molar-refractivity contribution in [1.82, 2.24) is 0 Å². The van der Waals surface area contributed by atoms with E-state index in [-0.39, 0.29) is 11.1 Å². The summed E-state index contributed by atoms with van der Waals surface area (Å²) < 4.78 is 4.26. The first-order valence-electron chi connectivity index (χ1n) is 9.25. The van der Waals surface area contributed by atoms with Crippen LogP contribution in [0.5, 0.6) is 0 Å². The van der Waals surface area contributed by atoms with E-state index >= 15 is 0 Å². The van der Waals surface area contributed by atoms with Crippen molar-refractivity contribution in [3.05, 3.63) is 0 Å². The number of ether oxygens (including phenoxy) is 1. The van der Waals surface area contributed by atoms with Gasteiger partial charge in [-0.15, -0.1) is 0 Å². The number of carbonyl (C=O) groups excluding carboxylic acids is 2. The Morgan fingerprint density at radius 1 is 1.24 bits per heavy atom. The number of aliphatic hydroxyl groups is 2. The van der Waals surface area contributed by atoms with Gasteiger partial charge in [-0.1, -0.05) is 45.4 Å². The topological polar surface area (TPSA) is 83.8 Å². The minimum absolute atomic E-state index is 0.0366. The molecule has 6 heteroatoms. The molecule has 0 aliphatic heterocycles. The van der Waals surface area contributed by atoms with Gasteiger partial charge in [-0.2, -0.15) is 0 Å². The molecule has 2 N–H and O–H groups in total. The highest BCUT2D eigenvalue weighted by Gasteiger charge is 2.50. The van der Waals surface area contributed by atoms with Gasteiger partial charge in [-0.3, -0.25) is 9.59 Å². The molecular weight excluding hydrogens is 340 g/mol. The summed E-state index contributed by atoms with van der Waals surface area (Å²) >= 11 is 1.42. The zero-order valence-corrected chi connectivity index (χ0v) is 17.3. The fourth-order valence-corrected chi connectivity index (χ4v) is 5.35. The lowest BCUT2D eigenvalue weighted by atomic mass is 9.78. The molecule has 0 aromatic heterocycles. The summed E-state index contributed by atoms with van der Waals surface area (Å²) in [5, 5.41) is 16.7. The summed E-state index contributed by atoms with van der Waals surface area (Å²) in [6, 6.07) is 0. The van der Waals surface area contributed by atoms with Crippen molar-refractivity contribution >= 4 is 22.8 Å². The van der Waals surface area contributed by atoms with Crippen LogP contribution in [0.15, 0.2) is 0 Å². The van der Waals surface area contributed by atoms with Gasteiger partial charge in [0.2, 0.25) is 5.12 Å². The van der Waals surface area contributed by atoms with E-state index in [0.29, 0.717) is 11.7 Å². The maximum absolute atomic E-state index is 11.6. The van der Waals surface area contributed by atoms with Crippen LogP contribution in [0.4, 0.5) is 0 Å². The first kappa shape index (κ1) is 24.4. The minimum atomic E-state index is -0.804. The van der Waals surface area contributed by atoms with Gasteiger partial charge < -0.3 is 14.9 Å². The SMILES string of the molecule is CCC(=O)OC.CCCC1C(C)C2CC(SC(=O)C(C)O)C1C2.CO. The molecule has 148 valence electrons. The maximum atomic E-state index is 11.6. The van der Waals surface area contributed by atoms with Crippen molar-refractivity contribution in [2.45, 2.75) is 71.2 Å². The summed E-state index contributed by atoms with van der Waals surface area (Å²) in [7, 11) is 2.38. The fraction of sp³-hybridized carbons (Fsp3) is 0.895. The largest absolute Gasteiger partial charge is 0.469 e. The van der Waals surface area contributed by atoms with Crippen LogP contribution >= 0.6 is 11.8 Å². The van der Waals surface area contributed by atoms with Gasteiger partial charge in [0.25, 0.3) is 0 Å². The van der Waals surface area contributed by atoms with Crippen LogP contribution in [0.1, 0.15) is 59.8 Å². The van der Waals surface area contributed by atoms with Crippen molar-refractivity contribution < 1.29 is 24.5 Å². The van der Waals surface area contributed by atoms with Gasteiger partial charge in [0.05, 0.1) is 7.11 Å². The van der Waals surface area contributed by atoms with E-state index in [1.54, 1.807) is 13.8 Å². The first-order chi connectivity index (χ1) is 11.8. The van der Waals surface area contributed by atoms with Gasteiger partial charge in [0.15, 0.2) is 0 Å². The van der Waals surface area contributed by atoms with E-state index in [4.69, 9.17) is 5.11 Å². The van der Waals surface area contributed by atoms with Gasteiger partial charge in [-0.05, 0) is 43.4 Å². The first-order valence-corrected chi connectivity index (χ1v) is 10.1. The summed E-state index contributed by atoms with van der Waals surface area (Å²) in [4.78, 5) is 21.6. The van der Waals surface area contributed by atoms with E-state index in [1.807, 2.05) is 0 Å². The highest BCUT2D eigenvalue weighted by Crippen LogP contribution is 2.57. The van der Waals surface area contributed by atoms with Crippen molar-refractivity contribution in [1.29, 1.82) is 0 Å². The molecule has 0 heterocycles. The van der Waals surface area contributed by atoms with Crippen LogP contribution < -0.4 is 0 Å². The van der Waals surface area contributed by atoms with Gasteiger partial charge in [0.1, 0.15) is 6.10 Å². The molecule has 6 atom stereocenters. The number of aliphatic hydroxyl groups excluding tert-OH is 2. The molecule has 2 fully saturated rings. The molecule has 5 nitrogen and oxygen atoms in total. The molecular formula is C19H36O5S.